The van der Waals surface area contributed by atoms with Crippen molar-refractivity contribution >= 4 is 11.4 Å². The SMILES string of the molecule is CCOc1ccccc1NCCNc1ccc(OCCC(C)C)cc1. The van der Waals surface area contributed by atoms with E-state index in [1.54, 1.807) is 0 Å². The minimum atomic E-state index is 0.668. The van der Waals surface area contributed by atoms with Crippen LogP contribution in [0, 0.1) is 5.92 Å². The summed E-state index contributed by atoms with van der Waals surface area (Å²) in [5.41, 5.74) is 2.12. The number of benzene rings is 2. The van der Waals surface area contributed by atoms with E-state index in [9.17, 15) is 0 Å². The standard InChI is InChI=1S/C21H30N2O2/c1-4-24-21-8-6-5-7-20(21)23-15-14-22-18-9-11-19(12-10-18)25-16-13-17(2)3/h5-12,17,22-23H,4,13-16H2,1-3H3. The van der Waals surface area contributed by atoms with Crippen molar-refractivity contribution in [1.29, 1.82) is 0 Å². The Bertz CT molecular complexity index is 612. The molecular formula is C21H30N2O2. The van der Waals surface area contributed by atoms with E-state index in [1.807, 2.05) is 43.3 Å². The fraction of sp³-hybridized carbons (Fsp3) is 0.429. The molecule has 0 atom stereocenters. The Morgan fingerprint density at radius 2 is 1.60 bits per heavy atom. The Morgan fingerprint density at radius 1 is 0.880 bits per heavy atom. The van der Waals surface area contributed by atoms with Gasteiger partial charge in [0.1, 0.15) is 11.5 Å². The van der Waals surface area contributed by atoms with E-state index >= 15 is 0 Å². The van der Waals surface area contributed by atoms with Crippen LogP contribution in [-0.4, -0.2) is 26.3 Å². The molecule has 4 nitrogen and oxygen atoms in total. The largest absolute Gasteiger partial charge is 0.494 e. The van der Waals surface area contributed by atoms with Crippen LogP contribution >= 0.6 is 0 Å². The molecule has 0 heterocycles. The highest BCUT2D eigenvalue weighted by atomic mass is 16.5. The molecule has 0 aliphatic carbocycles. The van der Waals surface area contributed by atoms with Gasteiger partial charge in [0, 0.05) is 18.8 Å². The number of hydrogen-bond acceptors (Lipinski definition) is 4. The van der Waals surface area contributed by atoms with Gasteiger partial charge in [0.25, 0.3) is 0 Å². The van der Waals surface area contributed by atoms with E-state index in [0.29, 0.717) is 12.5 Å². The molecule has 0 amide bonds. The monoisotopic (exact) mass is 342 g/mol. The number of anilines is 2. The number of ether oxygens (including phenoxy) is 2. The number of para-hydroxylation sites is 2. The molecule has 2 aromatic carbocycles. The third-order valence-electron chi connectivity index (χ3n) is 3.77. The zero-order valence-corrected chi connectivity index (χ0v) is 15.5. The fourth-order valence-corrected chi connectivity index (χ4v) is 2.38. The van der Waals surface area contributed by atoms with Crippen molar-refractivity contribution in [2.24, 2.45) is 5.92 Å². The molecule has 2 N–H and O–H groups in total. The van der Waals surface area contributed by atoms with Crippen molar-refractivity contribution < 1.29 is 9.47 Å². The van der Waals surface area contributed by atoms with E-state index in [-0.39, 0.29) is 0 Å². The highest BCUT2D eigenvalue weighted by Gasteiger charge is 2.01. The summed E-state index contributed by atoms with van der Waals surface area (Å²) in [5.74, 6) is 2.49. The molecule has 0 bridgehead atoms. The van der Waals surface area contributed by atoms with Gasteiger partial charge < -0.3 is 20.1 Å². The van der Waals surface area contributed by atoms with Crippen molar-refractivity contribution in [2.75, 3.05) is 36.9 Å². The van der Waals surface area contributed by atoms with Crippen LogP contribution < -0.4 is 20.1 Å². The van der Waals surface area contributed by atoms with Crippen molar-refractivity contribution in [3.63, 3.8) is 0 Å². The van der Waals surface area contributed by atoms with Gasteiger partial charge in [-0.2, -0.15) is 0 Å². The zero-order valence-electron chi connectivity index (χ0n) is 15.5. The van der Waals surface area contributed by atoms with Crippen LogP contribution in [0.3, 0.4) is 0 Å². The number of hydrogen-bond donors (Lipinski definition) is 2. The Morgan fingerprint density at radius 3 is 2.32 bits per heavy atom. The van der Waals surface area contributed by atoms with Gasteiger partial charge in [0.2, 0.25) is 0 Å². The van der Waals surface area contributed by atoms with Crippen LogP contribution in [0.15, 0.2) is 48.5 Å². The first-order valence-electron chi connectivity index (χ1n) is 9.11. The second-order valence-electron chi connectivity index (χ2n) is 6.34. The van der Waals surface area contributed by atoms with Gasteiger partial charge in [-0.3, -0.25) is 0 Å². The maximum atomic E-state index is 5.74. The normalized spacial score (nSPS) is 10.6. The lowest BCUT2D eigenvalue weighted by molar-refractivity contribution is 0.289. The lowest BCUT2D eigenvalue weighted by Crippen LogP contribution is -2.14. The summed E-state index contributed by atoms with van der Waals surface area (Å²) < 4.78 is 11.4. The molecule has 0 aliphatic rings. The molecule has 25 heavy (non-hydrogen) atoms. The van der Waals surface area contributed by atoms with Gasteiger partial charge in [0.15, 0.2) is 0 Å². The summed E-state index contributed by atoms with van der Waals surface area (Å²) >= 11 is 0. The maximum Gasteiger partial charge on any atom is 0.142 e. The molecule has 0 radical (unpaired) electrons. The van der Waals surface area contributed by atoms with E-state index in [1.165, 1.54) is 0 Å². The number of nitrogens with one attached hydrogen (secondary N) is 2. The third-order valence-corrected chi connectivity index (χ3v) is 3.77. The van der Waals surface area contributed by atoms with E-state index in [2.05, 4.69) is 36.6 Å². The van der Waals surface area contributed by atoms with Gasteiger partial charge in [-0.25, -0.2) is 0 Å². The summed E-state index contributed by atoms with van der Waals surface area (Å²) in [5, 5.41) is 6.81. The Hall–Kier alpha value is -2.36. The summed E-state index contributed by atoms with van der Waals surface area (Å²) in [6.07, 6.45) is 1.08. The molecule has 4 heteroatoms. The van der Waals surface area contributed by atoms with Crippen molar-refractivity contribution in [3.05, 3.63) is 48.5 Å². The van der Waals surface area contributed by atoms with Crippen LogP contribution in [0.1, 0.15) is 27.2 Å². The summed E-state index contributed by atoms with van der Waals surface area (Å²) in [4.78, 5) is 0. The predicted molar refractivity (Wildman–Crippen MR) is 106 cm³/mol. The Balaban J connectivity index is 1.71. The molecule has 2 rings (SSSR count). The smallest absolute Gasteiger partial charge is 0.142 e. The quantitative estimate of drug-likeness (QED) is 0.562. The first-order valence-corrected chi connectivity index (χ1v) is 9.11. The maximum absolute atomic E-state index is 5.74. The molecular weight excluding hydrogens is 312 g/mol. The van der Waals surface area contributed by atoms with Crippen LogP contribution in [0.2, 0.25) is 0 Å². The van der Waals surface area contributed by atoms with Crippen molar-refractivity contribution in [3.8, 4) is 11.5 Å². The van der Waals surface area contributed by atoms with Gasteiger partial charge in [-0.05, 0) is 55.7 Å². The summed E-state index contributed by atoms with van der Waals surface area (Å²) in [6, 6.07) is 16.2. The molecule has 0 spiro atoms. The molecule has 136 valence electrons. The Labute approximate surface area is 151 Å². The molecule has 0 aromatic heterocycles. The highest BCUT2D eigenvalue weighted by Crippen LogP contribution is 2.23. The average molecular weight is 342 g/mol. The lowest BCUT2D eigenvalue weighted by atomic mass is 10.1. The molecule has 0 saturated heterocycles. The first kappa shape index (κ1) is 19.0. The van der Waals surface area contributed by atoms with Gasteiger partial charge in [0.05, 0.1) is 18.9 Å². The predicted octanol–water partition coefficient (Wildman–Crippen LogP) is 5.03. The topological polar surface area (TPSA) is 42.5 Å². The molecule has 0 fully saturated rings. The van der Waals surface area contributed by atoms with Crippen molar-refractivity contribution in [2.45, 2.75) is 27.2 Å². The number of rotatable bonds is 11. The lowest BCUT2D eigenvalue weighted by Gasteiger charge is -2.13. The third kappa shape index (κ3) is 6.96. The zero-order chi connectivity index (χ0) is 17.9. The van der Waals surface area contributed by atoms with E-state index in [4.69, 9.17) is 9.47 Å². The molecule has 0 aliphatic heterocycles. The van der Waals surface area contributed by atoms with E-state index in [0.717, 1.165) is 49.0 Å². The van der Waals surface area contributed by atoms with E-state index < -0.39 is 0 Å². The second kappa shape index (κ2) is 10.5. The Kier molecular flexibility index (Phi) is 7.96. The minimum absolute atomic E-state index is 0.668. The minimum Gasteiger partial charge on any atom is -0.494 e. The van der Waals surface area contributed by atoms with Crippen LogP contribution in [0.4, 0.5) is 11.4 Å². The van der Waals surface area contributed by atoms with Crippen LogP contribution in [0.5, 0.6) is 11.5 Å². The van der Waals surface area contributed by atoms with Gasteiger partial charge in [-0.15, -0.1) is 0 Å². The van der Waals surface area contributed by atoms with Crippen molar-refractivity contribution in [1.82, 2.24) is 0 Å². The molecule has 0 saturated carbocycles. The van der Waals surface area contributed by atoms with Crippen LogP contribution in [0.25, 0.3) is 0 Å². The first-order chi connectivity index (χ1) is 12.2. The van der Waals surface area contributed by atoms with Crippen LogP contribution in [-0.2, 0) is 0 Å². The second-order valence-corrected chi connectivity index (χ2v) is 6.34. The van der Waals surface area contributed by atoms with Gasteiger partial charge in [-0.1, -0.05) is 26.0 Å². The average Bonchev–Trinajstić information content (AvgIpc) is 2.61. The van der Waals surface area contributed by atoms with Gasteiger partial charge >= 0.3 is 0 Å². The summed E-state index contributed by atoms with van der Waals surface area (Å²) in [7, 11) is 0. The summed E-state index contributed by atoms with van der Waals surface area (Å²) in [6.45, 7) is 9.49. The highest BCUT2D eigenvalue weighted by molar-refractivity contribution is 5.56. The molecule has 2 aromatic rings. The molecule has 0 unspecified atom stereocenters. The fourth-order valence-electron chi connectivity index (χ4n) is 2.38.